The van der Waals surface area contributed by atoms with Crippen LogP contribution in [0.3, 0.4) is 0 Å². The first-order valence-corrected chi connectivity index (χ1v) is 7.93. The van der Waals surface area contributed by atoms with Crippen molar-refractivity contribution in [2.45, 2.75) is 19.8 Å². The summed E-state index contributed by atoms with van der Waals surface area (Å²) < 4.78 is 39.1. The van der Waals surface area contributed by atoms with Gasteiger partial charge in [-0.2, -0.15) is 8.78 Å². The second-order valence-electron chi connectivity index (χ2n) is 5.79. The Kier molecular flexibility index (Phi) is 4.70. The number of aryl methyl sites for hydroxylation is 1. The Balaban J connectivity index is 2.01. The van der Waals surface area contributed by atoms with Crippen molar-refractivity contribution in [2.24, 2.45) is 0 Å². The fourth-order valence-electron chi connectivity index (χ4n) is 2.87. The Hall–Kier alpha value is -2.55. The molecule has 0 spiro atoms. The smallest absolute Gasteiger partial charge is 0.206 e. The van der Waals surface area contributed by atoms with Gasteiger partial charge in [-0.15, -0.1) is 0 Å². The highest BCUT2D eigenvalue weighted by Gasteiger charge is 2.08. The van der Waals surface area contributed by atoms with E-state index < -0.39 is 11.9 Å². The van der Waals surface area contributed by atoms with Gasteiger partial charge in [-0.3, -0.25) is 0 Å². The molecule has 0 bridgehead atoms. The van der Waals surface area contributed by atoms with Crippen molar-refractivity contribution in [3.8, 4) is 11.1 Å². The number of benzene rings is 3. The third kappa shape index (κ3) is 3.35. The molecule has 0 aliphatic heterocycles. The molecule has 24 heavy (non-hydrogen) atoms. The summed E-state index contributed by atoms with van der Waals surface area (Å²) in [7, 11) is 0. The van der Waals surface area contributed by atoms with Gasteiger partial charge < -0.3 is 0 Å². The lowest BCUT2D eigenvalue weighted by molar-refractivity contribution is 0.429. The minimum Gasteiger partial charge on any atom is -0.206 e. The van der Waals surface area contributed by atoms with Crippen molar-refractivity contribution < 1.29 is 13.2 Å². The van der Waals surface area contributed by atoms with E-state index in [1.165, 1.54) is 11.6 Å². The van der Waals surface area contributed by atoms with Crippen molar-refractivity contribution in [1.29, 1.82) is 0 Å². The molecule has 3 rings (SSSR count). The highest BCUT2D eigenvalue weighted by molar-refractivity contribution is 5.89. The molecule has 0 saturated carbocycles. The summed E-state index contributed by atoms with van der Waals surface area (Å²) in [5.41, 5.74) is 3.22. The van der Waals surface area contributed by atoms with Crippen LogP contribution in [0.15, 0.2) is 60.7 Å². The molecule has 0 unspecified atom stereocenters. The number of hydrogen-bond donors (Lipinski definition) is 0. The summed E-state index contributed by atoms with van der Waals surface area (Å²) >= 11 is 0. The number of fused-ring (bicyclic) bond motifs is 1. The molecular weight excluding hydrogens is 309 g/mol. The Morgan fingerprint density at radius 3 is 2.29 bits per heavy atom. The summed E-state index contributed by atoms with van der Waals surface area (Å²) in [4.78, 5) is 0. The first kappa shape index (κ1) is 16.3. The van der Waals surface area contributed by atoms with Gasteiger partial charge in [0.05, 0.1) is 0 Å². The van der Waals surface area contributed by atoms with Crippen molar-refractivity contribution in [2.75, 3.05) is 0 Å². The van der Waals surface area contributed by atoms with E-state index in [-0.39, 0.29) is 5.56 Å². The molecule has 3 heteroatoms. The van der Waals surface area contributed by atoms with E-state index in [4.69, 9.17) is 0 Å². The third-order valence-electron chi connectivity index (χ3n) is 4.07. The molecule has 0 amide bonds. The van der Waals surface area contributed by atoms with Crippen LogP contribution in [0.2, 0.25) is 0 Å². The Bertz CT molecular complexity index is 889. The van der Waals surface area contributed by atoms with E-state index in [1.54, 1.807) is 12.1 Å². The zero-order valence-corrected chi connectivity index (χ0v) is 13.3. The molecule has 0 heterocycles. The van der Waals surface area contributed by atoms with Gasteiger partial charge in [-0.1, -0.05) is 61.9 Å². The Morgan fingerprint density at radius 1 is 0.917 bits per heavy atom. The van der Waals surface area contributed by atoms with Crippen LogP contribution in [0.1, 0.15) is 24.5 Å². The standard InChI is InChI=1S/C21H17F3/c1-2-3-14-4-6-15(7-5-14)16-10-11-19-17(12-16)8-9-18(21(19)24)13-20(22)23/h4-13H,2-3H2,1H3. The SMILES string of the molecule is CCCc1ccc(-c2ccc3c(F)c(C=C(F)F)ccc3c2)cc1. The molecule has 0 nitrogen and oxygen atoms in total. The van der Waals surface area contributed by atoms with Crippen molar-refractivity contribution in [3.63, 3.8) is 0 Å². The molecule has 0 N–H and O–H groups in total. The molecule has 0 atom stereocenters. The van der Waals surface area contributed by atoms with Gasteiger partial charge in [0, 0.05) is 17.0 Å². The predicted molar refractivity (Wildman–Crippen MR) is 93.5 cm³/mol. The fourth-order valence-corrected chi connectivity index (χ4v) is 2.87. The zero-order valence-electron chi connectivity index (χ0n) is 13.3. The lowest BCUT2D eigenvalue weighted by Crippen LogP contribution is -1.87. The highest BCUT2D eigenvalue weighted by atomic mass is 19.3. The van der Waals surface area contributed by atoms with Gasteiger partial charge >= 0.3 is 0 Å². The molecule has 3 aromatic rings. The molecule has 0 aromatic heterocycles. The first-order chi connectivity index (χ1) is 11.6. The summed E-state index contributed by atoms with van der Waals surface area (Å²) in [5.74, 6) is -0.620. The van der Waals surface area contributed by atoms with Crippen molar-refractivity contribution in [3.05, 3.63) is 77.6 Å². The van der Waals surface area contributed by atoms with Crippen LogP contribution in [0.5, 0.6) is 0 Å². The third-order valence-corrected chi connectivity index (χ3v) is 4.07. The van der Waals surface area contributed by atoms with Crippen LogP contribution in [0.4, 0.5) is 13.2 Å². The largest absolute Gasteiger partial charge is 0.271 e. The maximum Gasteiger partial charge on any atom is 0.271 e. The lowest BCUT2D eigenvalue weighted by atomic mass is 9.98. The van der Waals surface area contributed by atoms with Gasteiger partial charge in [-0.05, 0) is 34.6 Å². The maximum atomic E-state index is 14.3. The molecule has 0 radical (unpaired) electrons. The Labute approximate surface area is 139 Å². The summed E-state index contributed by atoms with van der Waals surface area (Å²) in [6, 6.07) is 16.7. The maximum absolute atomic E-state index is 14.3. The van der Waals surface area contributed by atoms with Crippen LogP contribution < -0.4 is 0 Å². The van der Waals surface area contributed by atoms with E-state index in [0.29, 0.717) is 16.8 Å². The van der Waals surface area contributed by atoms with Crippen LogP contribution in [0.25, 0.3) is 28.0 Å². The highest BCUT2D eigenvalue weighted by Crippen LogP contribution is 2.28. The van der Waals surface area contributed by atoms with E-state index in [0.717, 1.165) is 24.0 Å². The number of halogens is 3. The quantitative estimate of drug-likeness (QED) is 0.492. The van der Waals surface area contributed by atoms with Crippen molar-refractivity contribution >= 4 is 16.8 Å². The summed E-state index contributed by atoms with van der Waals surface area (Å²) in [6.45, 7) is 2.14. The predicted octanol–water partition coefficient (Wildman–Crippen LogP) is 6.84. The number of hydrogen-bond acceptors (Lipinski definition) is 0. The van der Waals surface area contributed by atoms with Crippen LogP contribution in [-0.2, 0) is 6.42 Å². The zero-order chi connectivity index (χ0) is 17.1. The van der Waals surface area contributed by atoms with E-state index >= 15 is 0 Å². The summed E-state index contributed by atoms with van der Waals surface area (Å²) in [5, 5.41) is 1.04. The minimum atomic E-state index is -1.91. The second-order valence-corrected chi connectivity index (χ2v) is 5.79. The fraction of sp³-hybridized carbons (Fsp3) is 0.143. The average Bonchev–Trinajstić information content (AvgIpc) is 2.58. The number of rotatable bonds is 4. The van der Waals surface area contributed by atoms with Gasteiger partial charge in [-0.25, -0.2) is 4.39 Å². The van der Waals surface area contributed by atoms with Gasteiger partial charge in [0.15, 0.2) is 0 Å². The first-order valence-electron chi connectivity index (χ1n) is 7.93. The van der Waals surface area contributed by atoms with Gasteiger partial charge in [0.2, 0.25) is 0 Å². The molecule has 122 valence electrons. The van der Waals surface area contributed by atoms with E-state index in [9.17, 15) is 13.2 Å². The van der Waals surface area contributed by atoms with Gasteiger partial charge in [0.1, 0.15) is 5.82 Å². The van der Waals surface area contributed by atoms with Crippen LogP contribution in [0, 0.1) is 5.82 Å². The summed E-state index contributed by atoms with van der Waals surface area (Å²) in [6.07, 6.45) is 0.794. The molecule has 3 aromatic carbocycles. The lowest BCUT2D eigenvalue weighted by Gasteiger charge is -2.08. The Morgan fingerprint density at radius 2 is 1.62 bits per heavy atom. The normalized spacial score (nSPS) is 10.8. The second kappa shape index (κ2) is 6.91. The van der Waals surface area contributed by atoms with Crippen molar-refractivity contribution in [1.82, 2.24) is 0 Å². The topological polar surface area (TPSA) is 0 Å². The van der Waals surface area contributed by atoms with Crippen LogP contribution in [-0.4, -0.2) is 0 Å². The molecule has 0 aliphatic carbocycles. The molecule has 0 saturated heterocycles. The monoisotopic (exact) mass is 326 g/mol. The minimum absolute atomic E-state index is 0.0980. The average molecular weight is 326 g/mol. The van der Waals surface area contributed by atoms with Gasteiger partial charge in [0.25, 0.3) is 6.08 Å². The molecule has 0 fully saturated rings. The molecular formula is C21H17F3. The van der Waals surface area contributed by atoms with E-state index in [1.807, 2.05) is 12.1 Å². The van der Waals surface area contributed by atoms with E-state index in [2.05, 4.69) is 31.2 Å². The van der Waals surface area contributed by atoms with Crippen LogP contribution >= 0.6 is 0 Å². The molecule has 0 aliphatic rings.